The Labute approximate surface area is 119 Å². The molecule has 8 nitrogen and oxygen atoms in total. The van der Waals surface area contributed by atoms with Crippen molar-refractivity contribution in [2.24, 2.45) is 0 Å². The minimum Gasteiger partial charge on any atom is -0.352 e. The molecule has 2 fully saturated rings. The molecule has 0 amide bonds. The van der Waals surface area contributed by atoms with Crippen LogP contribution in [0.15, 0.2) is 0 Å². The maximum atomic E-state index is 11.8. The first-order valence-corrected chi connectivity index (χ1v) is 9.96. The van der Waals surface area contributed by atoms with E-state index in [-0.39, 0.29) is 25.3 Å². The third-order valence-electron chi connectivity index (χ3n) is 3.57. The number of rotatable bonds is 2. The van der Waals surface area contributed by atoms with Crippen molar-refractivity contribution in [2.45, 2.75) is 38.5 Å². The Hall–Kier alpha value is -0.260. The molecule has 2 rings (SSSR count). The van der Waals surface area contributed by atoms with Crippen LogP contribution in [0.25, 0.3) is 0 Å². The van der Waals surface area contributed by atoms with Crippen LogP contribution >= 0.6 is 0 Å². The second-order valence-electron chi connectivity index (χ2n) is 5.21. The third kappa shape index (κ3) is 3.00. The van der Waals surface area contributed by atoms with Crippen LogP contribution in [0.5, 0.6) is 0 Å². The lowest BCUT2D eigenvalue weighted by molar-refractivity contribution is -0.275. The van der Waals surface area contributed by atoms with Gasteiger partial charge < -0.3 is 9.47 Å². The standard InChI is InChI=1S/C10H20N2O6S2/c1-7-8(2)18-10-9(17-7)11(19(3,13)14)5-6-12(10)20(4,15)16/h7-10H,5-6H2,1-4H3/t7-,8+,9-,10-/m1/s1. The van der Waals surface area contributed by atoms with Crippen LogP contribution in [-0.2, 0) is 29.5 Å². The Morgan fingerprint density at radius 3 is 1.35 bits per heavy atom. The van der Waals surface area contributed by atoms with Crippen LogP contribution in [0.2, 0.25) is 0 Å². The third-order valence-corrected chi connectivity index (χ3v) is 6.06. The molecule has 0 unspecified atom stereocenters. The summed E-state index contributed by atoms with van der Waals surface area (Å²) in [6.07, 6.45) is -0.377. The summed E-state index contributed by atoms with van der Waals surface area (Å²) in [5.74, 6) is 0. The number of piperazine rings is 1. The highest BCUT2D eigenvalue weighted by molar-refractivity contribution is 7.88. The minimum atomic E-state index is -3.50. The molecule has 2 aliphatic heterocycles. The van der Waals surface area contributed by atoms with Gasteiger partial charge in [-0.1, -0.05) is 0 Å². The molecule has 0 aliphatic carbocycles. The lowest BCUT2D eigenvalue weighted by Gasteiger charge is -2.49. The molecule has 0 radical (unpaired) electrons. The van der Waals surface area contributed by atoms with Gasteiger partial charge in [0, 0.05) is 13.1 Å². The van der Waals surface area contributed by atoms with E-state index in [1.54, 1.807) is 13.8 Å². The highest BCUT2D eigenvalue weighted by Crippen LogP contribution is 2.30. The van der Waals surface area contributed by atoms with Gasteiger partial charge in [-0.3, -0.25) is 0 Å². The summed E-state index contributed by atoms with van der Waals surface area (Å²) in [6, 6.07) is 0. The van der Waals surface area contributed by atoms with Gasteiger partial charge >= 0.3 is 0 Å². The molecule has 0 saturated carbocycles. The number of nitrogens with zero attached hydrogens (tertiary/aromatic N) is 2. The largest absolute Gasteiger partial charge is 0.352 e. The topological polar surface area (TPSA) is 93.2 Å². The van der Waals surface area contributed by atoms with Gasteiger partial charge in [0.2, 0.25) is 20.0 Å². The van der Waals surface area contributed by atoms with Crippen LogP contribution in [-0.4, -0.2) is 75.7 Å². The van der Waals surface area contributed by atoms with Crippen molar-refractivity contribution in [1.82, 2.24) is 8.61 Å². The average molecular weight is 328 g/mol. The first-order chi connectivity index (χ1) is 9.01. The zero-order chi connectivity index (χ0) is 15.3. The molecule has 0 aromatic carbocycles. The second-order valence-corrected chi connectivity index (χ2v) is 9.08. The molecule has 2 saturated heterocycles. The maximum absolute atomic E-state index is 11.8. The normalized spacial score (nSPS) is 37.6. The van der Waals surface area contributed by atoms with E-state index in [0.29, 0.717) is 0 Å². The maximum Gasteiger partial charge on any atom is 0.213 e. The monoisotopic (exact) mass is 328 g/mol. The highest BCUT2D eigenvalue weighted by Gasteiger charge is 2.49. The summed E-state index contributed by atoms with van der Waals surface area (Å²) in [5, 5.41) is 0. The first kappa shape index (κ1) is 16.1. The van der Waals surface area contributed by atoms with Crippen molar-refractivity contribution in [3.63, 3.8) is 0 Å². The molecular formula is C10H20N2O6S2. The van der Waals surface area contributed by atoms with E-state index >= 15 is 0 Å². The van der Waals surface area contributed by atoms with Gasteiger partial charge in [0.25, 0.3) is 0 Å². The van der Waals surface area contributed by atoms with Crippen molar-refractivity contribution in [3.05, 3.63) is 0 Å². The van der Waals surface area contributed by atoms with Crippen LogP contribution in [0.1, 0.15) is 13.8 Å². The smallest absolute Gasteiger partial charge is 0.213 e. The highest BCUT2D eigenvalue weighted by atomic mass is 32.2. The van der Waals surface area contributed by atoms with E-state index < -0.39 is 32.5 Å². The number of fused-ring (bicyclic) bond motifs is 1. The zero-order valence-electron chi connectivity index (χ0n) is 11.9. The van der Waals surface area contributed by atoms with Gasteiger partial charge in [0.1, 0.15) is 0 Å². The molecule has 10 heteroatoms. The van der Waals surface area contributed by atoms with E-state index in [4.69, 9.17) is 9.47 Å². The van der Waals surface area contributed by atoms with E-state index in [0.717, 1.165) is 21.1 Å². The lowest BCUT2D eigenvalue weighted by atomic mass is 10.2. The summed E-state index contributed by atoms with van der Waals surface area (Å²) in [4.78, 5) is 0. The van der Waals surface area contributed by atoms with Crippen molar-refractivity contribution in [3.8, 4) is 0 Å². The van der Waals surface area contributed by atoms with E-state index in [1.165, 1.54) is 0 Å². The molecule has 0 N–H and O–H groups in total. The van der Waals surface area contributed by atoms with Crippen LogP contribution in [0.3, 0.4) is 0 Å². The Kier molecular flexibility index (Phi) is 4.17. The molecular weight excluding hydrogens is 308 g/mol. The Bertz CT molecular complexity index is 523. The van der Waals surface area contributed by atoms with Crippen molar-refractivity contribution in [2.75, 3.05) is 25.6 Å². The molecule has 0 bridgehead atoms. The van der Waals surface area contributed by atoms with E-state index in [9.17, 15) is 16.8 Å². The van der Waals surface area contributed by atoms with E-state index in [1.807, 2.05) is 0 Å². The molecule has 20 heavy (non-hydrogen) atoms. The zero-order valence-corrected chi connectivity index (χ0v) is 13.5. The summed E-state index contributed by atoms with van der Waals surface area (Å²) >= 11 is 0. The fraction of sp³-hybridized carbons (Fsp3) is 1.00. The quantitative estimate of drug-likeness (QED) is 0.645. The number of sulfonamides is 2. The fourth-order valence-corrected chi connectivity index (χ4v) is 4.27. The van der Waals surface area contributed by atoms with Crippen molar-refractivity contribution >= 4 is 20.0 Å². The Balaban J connectivity index is 2.38. The molecule has 4 atom stereocenters. The molecule has 118 valence electrons. The molecule has 0 spiro atoms. The average Bonchev–Trinajstić information content (AvgIpc) is 2.26. The van der Waals surface area contributed by atoms with Crippen molar-refractivity contribution in [1.29, 1.82) is 0 Å². The van der Waals surface area contributed by atoms with Gasteiger partial charge in [-0.05, 0) is 13.8 Å². The number of ether oxygens (including phenoxy) is 2. The SMILES string of the molecule is C[C@@H]1O[C@@H]2[C@@H](O[C@@H]1C)N(S(C)(=O)=O)CCN2S(C)(=O)=O. The Morgan fingerprint density at radius 1 is 0.800 bits per heavy atom. The first-order valence-electron chi connectivity index (χ1n) is 6.26. The van der Waals surface area contributed by atoms with Crippen LogP contribution in [0.4, 0.5) is 0 Å². The van der Waals surface area contributed by atoms with E-state index in [2.05, 4.69) is 0 Å². The number of hydrogen-bond donors (Lipinski definition) is 0. The van der Waals surface area contributed by atoms with Crippen LogP contribution in [0, 0.1) is 0 Å². The number of hydrogen-bond acceptors (Lipinski definition) is 6. The minimum absolute atomic E-state index is 0.0531. The summed E-state index contributed by atoms with van der Waals surface area (Å²) in [7, 11) is -7.00. The summed E-state index contributed by atoms with van der Waals surface area (Å²) in [5.41, 5.74) is 0. The van der Waals surface area contributed by atoms with Crippen LogP contribution < -0.4 is 0 Å². The lowest BCUT2D eigenvalue weighted by Crippen LogP contribution is -2.67. The molecule has 2 aliphatic rings. The predicted molar refractivity (Wildman–Crippen MR) is 71.8 cm³/mol. The van der Waals surface area contributed by atoms with Gasteiger partial charge in [-0.2, -0.15) is 8.61 Å². The fourth-order valence-electron chi connectivity index (χ4n) is 2.38. The van der Waals surface area contributed by atoms with Gasteiger partial charge in [0.15, 0.2) is 12.5 Å². The van der Waals surface area contributed by atoms with Gasteiger partial charge in [0.05, 0.1) is 24.7 Å². The molecule has 0 aromatic heterocycles. The summed E-state index contributed by atoms with van der Waals surface area (Å²) in [6.45, 7) is 3.64. The molecule has 2 heterocycles. The second kappa shape index (κ2) is 5.18. The van der Waals surface area contributed by atoms with Crippen molar-refractivity contribution < 1.29 is 26.3 Å². The molecule has 0 aromatic rings. The predicted octanol–water partition coefficient (Wildman–Crippen LogP) is -1.00. The summed E-state index contributed by atoms with van der Waals surface area (Å²) < 4.78 is 60.9. The van der Waals surface area contributed by atoms with Gasteiger partial charge in [-0.15, -0.1) is 0 Å². The van der Waals surface area contributed by atoms with Gasteiger partial charge in [-0.25, -0.2) is 16.8 Å². The Morgan fingerprint density at radius 2 is 1.10 bits per heavy atom.